The second-order valence-corrected chi connectivity index (χ2v) is 9.05. The van der Waals surface area contributed by atoms with Crippen molar-refractivity contribution in [1.29, 1.82) is 0 Å². The van der Waals surface area contributed by atoms with Crippen LogP contribution in [0, 0.1) is 6.92 Å². The van der Waals surface area contributed by atoms with Crippen LogP contribution in [0.4, 0.5) is 5.69 Å². The Labute approximate surface area is 214 Å². The van der Waals surface area contributed by atoms with Crippen LogP contribution in [-0.2, 0) is 27.5 Å². The van der Waals surface area contributed by atoms with E-state index < -0.39 is 5.91 Å². The molecule has 2 aromatic heterocycles. The van der Waals surface area contributed by atoms with Gasteiger partial charge in [0, 0.05) is 49.4 Å². The summed E-state index contributed by atoms with van der Waals surface area (Å²) in [5, 5.41) is 15.3. The van der Waals surface area contributed by atoms with Gasteiger partial charge in [-0.15, -0.1) is 5.17 Å². The molecule has 1 saturated heterocycles. The molecular weight excluding hydrogens is 478 g/mol. The molecule has 1 aromatic carbocycles. The van der Waals surface area contributed by atoms with E-state index in [0.717, 1.165) is 56.2 Å². The number of aryl methyl sites for hydroxylation is 2. The Morgan fingerprint density at radius 3 is 2.78 bits per heavy atom. The van der Waals surface area contributed by atoms with Gasteiger partial charge in [-0.05, 0) is 45.0 Å². The largest absolute Gasteiger partial charge is 0.379 e. The topological polar surface area (TPSA) is 148 Å². The van der Waals surface area contributed by atoms with E-state index in [-0.39, 0.29) is 5.56 Å². The van der Waals surface area contributed by atoms with E-state index in [4.69, 9.17) is 20.3 Å². The molecule has 0 aliphatic carbocycles. The summed E-state index contributed by atoms with van der Waals surface area (Å²) < 4.78 is 7.26. The number of carbonyl (C=O) groups is 2. The third-order valence-electron chi connectivity index (χ3n) is 6.62. The molecule has 196 valence electrons. The van der Waals surface area contributed by atoms with Crippen LogP contribution >= 0.6 is 0 Å². The number of hydrogen-bond donors (Lipinski definition) is 2. The van der Waals surface area contributed by atoms with Gasteiger partial charge in [0.25, 0.3) is 0 Å². The molecule has 0 bridgehead atoms. The normalized spacial score (nSPS) is 16.2. The molecule has 4 heterocycles. The average molecular weight is 510 g/mol. The lowest BCUT2D eigenvalue weighted by Crippen LogP contribution is -2.41. The smallest absolute Gasteiger partial charge is 0.322 e. The molecule has 0 atom stereocenters. The highest BCUT2D eigenvalue weighted by atomic mass is 16.7. The molecular formula is C24H31N9O4. The maximum Gasteiger partial charge on any atom is 0.322 e. The summed E-state index contributed by atoms with van der Waals surface area (Å²) in [6.07, 6.45) is 0.859. The van der Waals surface area contributed by atoms with Crippen LogP contribution in [0.1, 0.15) is 35.0 Å². The molecule has 0 spiro atoms. The number of morpholine rings is 1. The number of benzene rings is 1. The van der Waals surface area contributed by atoms with Gasteiger partial charge in [-0.2, -0.15) is 15.2 Å². The van der Waals surface area contributed by atoms with Gasteiger partial charge in [0.15, 0.2) is 11.6 Å². The van der Waals surface area contributed by atoms with Crippen LogP contribution in [0.2, 0.25) is 0 Å². The minimum atomic E-state index is -0.597. The Morgan fingerprint density at radius 2 is 2.05 bits per heavy atom. The number of aromatic nitrogens is 5. The first-order valence-corrected chi connectivity index (χ1v) is 12.4. The van der Waals surface area contributed by atoms with E-state index in [2.05, 4.69) is 20.2 Å². The number of nitrogens with zero attached hydrogens (tertiary/aromatic N) is 7. The van der Waals surface area contributed by atoms with Gasteiger partial charge < -0.3 is 15.3 Å². The van der Waals surface area contributed by atoms with E-state index in [0.29, 0.717) is 49.0 Å². The van der Waals surface area contributed by atoms with Gasteiger partial charge in [-0.3, -0.25) is 24.3 Å². The lowest BCUT2D eigenvalue weighted by Gasteiger charge is -2.29. The van der Waals surface area contributed by atoms with Crippen LogP contribution in [-0.4, -0.2) is 86.6 Å². The number of nitrogens with two attached hydrogens (primary N) is 1. The first-order chi connectivity index (χ1) is 18.0. The SMILES string of the molecule is CCn1nc(C)cc1-c1n[nH]c(-c2cc(C(N)=O)cc3c2CN(CCCN2CCOCC2)N3OC=O)n1. The fourth-order valence-corrected chi connectivity index (χ4v) is 4.85. The Kier molecular flexibility index (Phi) is 7.17. The summed E-state index contributed by atoms with van der Waals surface area (Å²) >= 11 is 0. The number of amides is 1. The fourth-order valence-electron chi connectivity index (χ4n) is 4.85. The summed E-state index contributed by atoms with van der Waals surface area (Å²) in [7, 11) is 0. The quantitative estimate of drug-likeness (QED) is 0.381. The standard InChI is InChI=1S/C24H31N9O4/c1-3-32-21(11-16(2)29-32)24-26-23(27-28-24)18-12-17(22(25)35)13-20-19(18)14-31(33(20)37-15-34)6-4-5-30-7-9-36-10-8-30/h11-13,15H,3-10,14H2,1-2H3,(H2,25,35)(H,26,27,28). The van der Waals surface area contributed by atoms with E-state index in [9.17, 15) is 9.59 Å². The molecule has 1 amide bonds. The highest BCUT2D eigenvalue weighted by Gasteiger charge is 2.33. The monoisotopic (exact) mass is 509 g/mol. The zero-order valence-electron chi connectivity index (χ0n) is 21.0. The van der Waals surface area contributed by atoms with Gasteiger partial charge in [-0.25, -0.2) is 4.98 Å². The molecule has 13 nitrogen and oxygen atoms in total. The molecule has 37 heavy (non-hydrogen) atoms. The van der Waals surface area contributed by atoms with Crippen molar-refractivity contribution in [1.82, 2.24) is 34.9 Å². The number of nitrogens with one attached hydrogen (secondary N) is 1. The molecule has 0 unspecified atom stereocenters. The number of H-pyrrole nitrogens is 1. The number of ether oxygens (including phenoxy) is 1. The molecule has 0 radical (unpaired) electrons. The number of hydrazine groups is 1. The third kappa shape index (κ3) is 5.05. The number of fused-ring (bicyclic) bond motifs is 1. The summed E-state index contributed by atoms with van der Waals surface area (Å²) in [6, 6.07) is 5.26. The number of hydrogen-bond acceptors (Lipinski definition) is 10. The summed E-state index contributed by atoms with van der Waals surface area (Å²) in [5.41, 5.74) is 9.67. The van der Waals surface area contributed by atoms with Crippen LogP contribution in [0.3, 0.4) is 0 Å². The number of carbonyl (C=O) groups excluding carboxylic acids is 2. The van der Waals surface area contributed by atoms with Crippen molar-refractivity contribution in [2.75, 3.05) is 44.6 Å². The van der Waals surface area contributed by atoms with Crippen molar-refractivity contribution in [2.45, 2.75) is 33.4 Å². The van der Waals surface area contributed by atoms with Gasteiger partial charge in [0.1, 0.15) is 11.4 Å². The molecule has 1 fully saturated rings. The molecule has 2 aliphatic heterocycles. The predicted octanol–water partition coefficient (Wildman–Crippen LogP) is 1.11. The molecule has 13 heteroatoms. The minimum absolute atomic E-state index is 0.274. The number of rotatable bonds is 10. The highest BCUT2D eigenvalue weighted by Crippen LogP contribution is 2.39. The molecule has 3 N–H and O–H groups in total. The lowest BCUT2D eigenvalue weighted by molar-refractivity contribution is -0.136. The zero-order valence-corrected chi connectivity index (χ0v) is 21.0. The molecule has 0 saturated carbocycles. The van der Waals surface area contributed by atoms with Crippen molar-refractivity contribution in [3.63, 3.8) is 0 Å². The van der Waals surface area contributed by atoms with Crippen molar-refractivity contribution >= 4 is 18.1 Å². The zero-order chi connectivity index (χ0) is 25.9. The highest BCUT2D eigenvalue weighted by molar-refractivity contribution is 5.96. The van der Waals surface area contributed by atoms with E-state index in [1.54, 1.807) is 12.1 Å². The maximum atomic E-state index is 12.2. The van der Waals surface area contributed by atoms with E-state index in [1.807, 2.05) is 29.6 Å². The predicted molar refractivity (Wildman–Crippen MR) is 134 cm³/mol. The number of anilines is 1. The van der Waals surface area contributed by atoms with E-state index in [1.165, 1.54) is 5.17 Å². The van der Waals surface area contributed by atoms with Crippen LogP contribution in [0.25, 0.3) is 22.9 Å². The average Bonchev–Trinajstić information content (AvgIpc) is 3.61. The first-order valence-electron chi connectivity index (χ1n) is 12.4. The van der Waals surface area contributed by atoms with Gasteiger partial charge in [0.05, 0.1) is 18.9 Å². The summed E-state index contributed by atoms with van der Waals surface area (Å²) in [6.45, 7) is 10.3. The molecule has 5 rings (SSSR count). The first kappa shape index (κ1) is 24.9. The van der Waals surface area contributed by atoms with E-state index >= 15 is 0 Å². The van der Waals surface area contributed by atoms with Crippen LogP contribution in [0.5, 0.6) is 0 Å². The number of aromatic amines is 1. The van der Waals surface area contributed by atoms with Gasteiger partial charge in [-0.1, -0.05) is 0 Å². The van der Waals surface area contributed by atoms with Gasteiger partial charge >= 0.3 is 6.47 Å². The van der Waals surface area contributed by atoms with Crippen molar-refractivity contribution < 1.29 is 19.2 Å². The summed E-state index contributed by atoms with van der Waals surface area (Å²) in [5.74, 6) is 0.384. The molecule has 3 aromatic rings. The Bertz CT molecular complexity index is 1280. The van der Waals surface area contributed by atoms with Gasteiger partial charge in [0.2, 0.25) is 5.91 Å². The summed E-state index contributed by atoms with van der Waals surface area (Å²) in [4.78, 5) is 36.0. The van der Waals surface area contributed by atoms with Crippen molar-refractivity contribution in [2.24, 2.45) is 5.73 Å². The van der Waals surface area contributed by atoms with Crippen LogP contribution < -0.4 is 10.9 Å². The second kappa shape index (κ2) is 10.7. The van der Waals surface area contributed by atoms with Crippen molar-refractivity contribution in [3.05, 3.63) is 35.0 Å². The molecule has 2 aliphatic rings. The lowest BCUT2D eigenvalue weighted by atomic mass is 10.0. The Balaban J connectivity index is 1.45. The van der Waals surface area contributed by atoms with Crippen LogP contribution in [0.15, 0.2) is 18.2 Å². The maximum absolute atomic E-state index is 12.2. The Hall–Kier alpha value is -3.81. The van der Waals surface area contributed by atoms with Crippen molar-refractivity contribution in [3.8, 4) is 22.9 Å². The Morgan fingerprint density at radius 1 is 1.24 bits per heavy atom. The fraction of sp³-hybridized carbons (Fsp3) is 0.458. The third-order valence-corrected chi connectivity index (χ3v) is 6.62. The number of primary amides is 1. The second-order valence-electron chi connectivity index (χ2n) is 9.05. The minimum Gasteiger partial charge on any atom is -0.379 e.